The molecule has 2 aromatic rings. The molecular formula is C29H38N2O5P+. The fourth-order valence-electron chi connectivity index (χ4n) is 5.04. The number of likely N-dealkylation sites (tertiary alicyclic amines) is 1. The number of rotatable bonds is 12. The third-order valence-electron chi connectivity index (χ3n) is 7.45. The van der Waals surface area contributed by atoms with Gasteiger partial charge in [0, 0.05) is 18.5 Å². The van der Waals surface area contributed by atoms with Crippen LogP contribution >= 0.6 is 8.03 Å². The predicted molar refractivity (Wildman–Crippen MR) is 145 cm³/mol. The van der Waals surface area contributed by atoms with E-state index in [1.54, 1.807) is 35.2 Å². The van der Waals surface area contributed by atoms with Crippen LogP contribution in [0.5, 0.6) is 5.75 Å². The second-order valence-corrected chi connectivity index (χ2v) is 10.7. The molecule has 0 radical (unpaired) electrons. The highest BCUT2D eigenvalue weighted by Gasteiger charge is 2.63. The van der Waals surface area contributed by atoms with Gasteiger partial charge in [0.1, 0.15) is 11.2 Å². The average molecular weight is 526 g/mol. The molecule has 0 aromatic heterocycles. The monoisotopic (exact) mass is 525 g/mol. The van der Waals surface area contributed by atoms with Crippen LogP contribution in [0.1, 0.15) is 76.2 Å². The number of carbonyl (C=O) groups is 2. The van der Waals surface area contributed by atoms with E-state index in [9.17, 15) is 19.0 Å². The number of allylic oxidation sites excluding steroid dienone is 1. The summed E-state index contributed by atoms with van der Waals surface area (Å²) in [5.41, 5.74) is 0.370. The Hall–Kier alpha value is -3.02. The molecule has 1 aliphatic rings. The smallest absolute Gasteiger partial charge is 0.469 e. The lowest BCUT2D eigenvalue weighted by Crippen LogP contribution is -2.74. The second-order valence-electron chi connectivity index (χ2n) is 9.48. The van der Waals surface area contributed by atoms with Crippen LogP contribution in [0.2, 0.25) is 0 Å². The highest BCUT2D eigenvalue weighted by Crippen LogP contribution is 2.47. The van der Waals surface area contributed by atoms with Crippen LogP contribution in [0.4, 0.5) is 4.79 Å². The third kappa shape index (κ3) is 5.63. The van der Waals surface area contributed by atoms with Gasteiger partial charge in [-0.3, -0.25) is 4.79 Å². The molecule has 198 valence electrons. The average Bonchev–Trinajstić information content (AvgIpc) is 2.91. The first-order chi connectivity index (χ1) is 17.7. The summed E-state index contributed by atoms with van der Waals surface area (Å²) in [4.78, 5) is 40.0. The van der Waals surface area contributed by atoms with Gasteiger partial charge in [0.25, 0.3) is 0 Å². The minimum atomic E-state index is -2.41. The summed E-state index contributed by atoms with van der Waals surface area (Å²) in [7, 11) is -2.41. The summed E-state index contributed by atoms with van der Waals surface area (Å²) in [5, 5.41) is 0. The van der Waals surface area contributed by atoms with Crippen LogP contribution in [0.15, 0.2) is 67.3 Å². The number of ether oxygens (including phenoxy) is 1. The van der Waals surface area contributed by atoms with E-state index in [0.29, 0.717) is 37.1 Å². The third-order valence-corrected chi connectivity index (χ3v) is 8.49. The van der Waals surface area contributed by atoms with E-state index in [4.69, 9.17) is 4.74 Å². The molecule has 37 heavy (non-hydrogen) atoms. The van der Waals surface area contributed by atoms with Crippen LogP contribution in [0.25, 0.3) is 0 Å². The lowest BCUT2D eigenvalue weighted by molar-refractivity contribution is -0.192. The second kappa shape index (κ2) is 12.5. The van der Waals surface area contributed by atoms with Crippen LogP contribution < -0.4 is 4.74 Å². The molecule has 2 aromatic carbocycles. The van der Waals surface area contributed by atoms with Crippen molar-refractivity contribution in [2.45, 2.75) is 71.3 Å². The van der Waals surface area contributed by atoms with Crippen molar-refractivity contribution >= 4 is 20.0 Å². The Kier molecular flexibility index (Phi) is 9.63. The quantitative estimate of drug-likeness (QED) is 0.183. The summed E-state index contributed by atoms with van der Waals surface area (Å²) < 4.78 is 18.1. The lowest BCUT2D eigenvalue weighted by atomic mass is 9.72. The van der Waals surface area contributed by atoms with Gasteiger partial charge in [0.15, 0.2) is 6.23 Å². The van der Waals surface area contributed by atoms with E-state index in [2.05, 4.69) is 6.58 Å². The molecule has 3 rings (SSSR count). The molecule has 0 saturated carbocycles. The Labute approximate surface area is 221 Å². The van der Waals surface area contributed by atoms with Gasteiger partial charge in [-0.1, -0.05) is 69.3 Å². The van der Waals surface area contributed by atoms with Gasteiger partial charge in [0.05, 0.1) is 6.04 Å². The summed E-state index contributed by atoms with van der Waals surface area (Å²) in [5.74, 6) is 0.280. The van der Waals surface area contributed by atoms with Gasteiger partial charge in [-0.25, -0.2) is 9.69 Å². The normalized spacial score (nSPS) is 18.4. The van der Waals surface area contributed by atoms with E-state index < -0.39 is 25.3 Å². The first-order valence-corrected chi connectivity index (χ1v) is 14.3. The largest absolute Gasteiger partial charge is 0.513 e. The molecule has 1 fully saturated rings. The number of β-lactam (4-membered cyclic amide) rings is 1. The van der Waals surface area contributed by atoms with Crippen molar-refractivity contribution in [3.8, 4) is 5.75 Å². The zero-order valence-electron chi connectivity index (χ0n) is 22.2. The highest BCUT2D eigenvalue weighted by molar-refractivity contribution is 7.38. The van der Waals surface area contributed by atoms with Gasteiger partial charge in [-0.2, -0.15) is 4.89 Å². The van der Waals surface area contributed by atoms with Gasteiger partial charge in [-0.05, 0) is 48.4 Å². The minimum absolute atomic E-state index is 0.207. The van der Waals surface area contributed by atoms with E-state index in [1.165, 1.54) is 4.90 Å². The zero-order chi connectivity index (χ0) is 27.2. The minimum Gasteiger partial charge on any atom is -0.469 e. The topological polar surface area (TPSA) is 87.2 Å². The van der Waals surface area contributed by atoms with Crippen LogP contribution in [-0.2, 0) is 9.36 Å². The number of benzene rings is 2. The van der Waals surface area contributed by atoms with Crippen molar-refractivity contribution in [3.05, 3.63) is 78.4 Å². The maximum atomic E-state index is 13.8. The number of amides is 3. The summed E-state index contributed by atoms with van der Waals surface area (Å²) in [6, 6.07) is 16.2. The number of nitrogens with zero attached hydrogens (tertiary/aromatic N) is 2. The van der Waals surface area contributed by atoms with Crippen molar-refractivity contribution in [2.24, 2.45) is 5.41 Å². The van der Waals surface area contributed by atoms with Gasteiger partial charge in [0.2, 0.25) is 11.6 Å². The van der Waals surface area contributed by atoms with Crippen molar-refractivity contribution in [2.75, 3.05) is 6.54 Å². The fourth-order valence-corrected chi connectivity index (χ4v) is 5.80. The van der Waals surface area contributed by atoms with Crippen LogP contribution in [0, 0.1) is 5.41 Å². The Morgan fingerprint density at radius 1 is 1.14 bits per heavy atom. The zero-order valence-corrected chi connectivity index (χ0v) is 23.1. The summed E-state index contributed by atoms with van der Waals surface area (Å²) in [6.07, 6.45) is 3.11. The van der Waals surface area contributed by atoms with Crippen molar-refractivity contribution in [1.29, 1.82) is 0 Å². The van der Waals surface area contributed by atoms with E-state index >= 15 is 0 Å². The molecule has 3 amide bonds. The number of hydrogen-bond acceptors (Lipinski definition) is 4. The summed E-state index contributed by atoms with van der Waals surface area (Å²) in [6.45, 7) is 12.0. The number of hydrogen-bond donors (Lipinski definition) is 1. The number of urea groups is 1. The fraction of sp³-hybridized carbons (Fsp3) is 0.448. The van der Waals surface area contributed by atoms with E-state index in [1.807, 2.05) is 58.0 Å². The highest BCUT2D eigenvalue weighted by atomic mass is 31.1. The number of carbonyl (C=O) groups excluding carboxylic acids is 2. The molecule has 0 bridgehead atoms. The maximum absolute atomic E-state index is 13.8. The Bertz CT molecular complexity index is 1100. The van der Waals surface area contributed by atoms with Crippen molar-refractivity contribution in [1.82, 2.24) is 9.80 Å². The van der Waals surface area contributed by atoms with E-state index in [0.717, 1.165) is 12.0 Å². The molecule has 0 aliphatic carbocycles. The Balaban J connectivity index is 1.89. The number of imide groups is 1. The SMILES string of the molecule is C=CCC(c1ccc(O[C@@H]2N(C(=O)N(CCC)[C@H](C)c3ccccc3)C(=O)C2(CC)CC)cc1)[P+](=O)O. The van der Waals surface area contributed by atoms with Gasteiger partial charge in [-0.15, -0.1) is 6.58 Å². The molecule has 8 heteroatoms. The molecular weight excluding hydrogens is 487 g/mol. The standard InChI is InChI=1S/C29H37N2O5P/c1-6-13-25(37(34)35)23-16-18-24(19-17-23)36-27-29(8-3,9-4)26(32)31(27)28(33)30(20-7-2)21(5)22-14-11-10-12-15-22/h6,10-12,14-19,21,25,27H,1,7-9,13,20H2,2-5H3/p+1/t21-,25?,27+/m1/s1. The molecule has 2 unspecified atom stereocenters. The van der Waals surface area contributed by atoms with Crippen LogP contribution in [-0.4, -0.2) is 39.4 Å². The molecule has 4 atom stereocenters. The molecule has 1 saturated heterocycles. The Morgan fingerprint density at radius 3 is 2.27 bits per heavy atom. The van der Waals surface area contributed by atoms with Crippen molar-refractivity contribution in [3.63, 3.8) is 0 Å². The molecule has 1 aliphatic heterocycles. The van der Waals surface area contributed by atoms with Gasteiger partial charge < -0.3 is 9.64 Å². The Morgan fingerprint density at radius 2 is 1.76 bits per heavy atom. The van der Waals surface area contributed by atoms with Gasteiger partial charge >= 0.3 is 14.1 Å². The molecule has 7 nitrogen and oxygen atoms in total. The molecule has 1 heterocycles. The molecule has 1 N–H and O–H groups in total. The summed E-state index contributed by atoms with van der Waals surface area (Å²) >= 11 is 0. The lowest BCUT2D eigenvalue weighted by Gasteiger charge is -2.54. The first kappa shape index (κ1) is 28.5. The first-order valence-electron chi connectivity index (χ1n) is 13.0. The molecule has 0 spiro atoms. The maximum Gasteiger partial charge on any atom is 0.513 e. The van der Waals surface area contributed by atoms with Crippen LogP contribution in [0.3, 0.4) is 0 Å². The predicted octanol–water partition coefficient (Wildman–Crippen LogP) is 6.99. The van der Waals surface area contributed by atoms with Crippen molar-refractivity contribution < 1.29 is 23.8 Å². The van der Waals surface area contributed by atoms with E-state index in [-0.39, 0.29) is 18.0 Å².